The van der Waals surface area contributed by atoms with E-state index in [1.807, 2.05) is 0 Å². The summed E-state index contributed by atoms with van der Waals surface area (Å²) < 4.78 is 0. The van der Waals surface area contributed by atoms with Gasteiger partial charge in [0.15, 0.2) is 0 Å². The molecule has 0 bridgehead atoms. The Morgan fingerprint density at radius 2 is 1.74 bits per heavy atom. The molecule has 0 aliphatic heterocycles. The number of alkyl halides is 1. The van der Waals surface area contributed by atoms with Gasteiger partial charge in [0.25, 0.3) is 5.91 Å². The number of rotatable bonds is 6. The highest BCUT2D eigenvalue weighted by Crippen LogP contribution is 2.27. The summed E-state index contributed by atoms with van der Waals surface area (Å²) >= 11 is 18.0. The van der Waals surface area contributed by atoms with Gasteiger partial charge in [-0.25, -0.2) is 0 Å². The molecular formula is C14H18Cl3NO. The highest BCUT2D eigenvalue weighted by Gasteiger charge is 2.25. The van der Waals surface area contributed by atoms with E-state index in [2.05, 4.69) is 13.8 Å². The van der Waals surface area contributed by atoms with Gasteiger partial charge in [-0.3, -0.25) is 4.79 Å². The second-order valence-corrected chi connectivity index (χ2v) is 5.45. The Morgan fingerprint density at radius 1 is 1.21 bits per heavy atom. The predicted octanol–water partition coefficient (Wildman–Crippen LogP) is 4.86. The van der Waals surface area contributed by atoms with Crippen molar-refractivity contribution in [3.8, 4) is 0 Å². The van der Waals surface area contributed by atoms with E-state index < -0.39 is 0 Å². The predicted molar refractivity (Wildman–Crippen MR) is 82.6 cm³/mol. The van der Waals surface area contributed by atoms with Crippen molar-refractivity contribution in [2.24, 2.45) is 0 Å². The van der Waals surface area contributed by atoms with E-state index in [1.165, 1.54) is 0 Å². The third-order valence-electron chi connectivity index (χ3n) is 3.15. The van der Waals surface area contributed by atoms with Gasteiger partial charge >= 0.3 is 0 Å². The molecule has 0 unspecified atom stereocenters. The molecule has 0 atom stereocenters. The van der Waals surface area contributed by atoms with Gasteiger partial charge in [0.1, 0.15) is 0 Å². The molecule has 0 aliphatic rings. The Labute approximate surface area is 129 Å². The SMILES string of the molecule is CCC(CC)N(CCCl)C(=O)c1c(Cl)cccc1Cl. The molecular weight excluding hydrogens is 305 g/mol. The number of amides is 1. The maximum atomic E-state index is 12.6. The molecule has 0 saturated carbocycles. The number of carbonyl (C=O) groups excluding carboxylic acids is 1. The van der Waals surface area contributed by atoms with Crippen LogP contribution in [-0.4, -0.2) is 29.3 Å². The van der Waals surface area contributed by atoms with E-state index in [0.717, 1.165) is 12.8 Å². The maximum absolute atomic E-state index is 12.6. The third kappa shape index (κ3) is 4.01. The number of halogens is 3. The van der Waals surface area contributed by atoms with Crippen molar-refractivity contribution in [1.82, 2.24) is 4.90 Å². The fraction of sp³-hybridized carbons (Fsp3) is 0.500. The van der Waals surface area contributed by atoms with Gasteiger partial charge < -0.3 is 4.90 Å². The van der Waals surface area contributed by atoms with Crippen molar-refractivity contribution in [1.29, 1.82) is 0 Å². The van der Waals surface area contributed by atoms with Crippen LogP contribution in [0.15, 0.2) is 18.2 Å². The zero-order valence-electron chi connectivity index (χ0n) is 11.1. The Bertz CT molecular complexity index is 412. The minimum atomic E-state index is -0.148. The van der Waals surface area contributed by atoms with Crippen LogP contribution < -0.4 is 0 Å². The molecule has 5 heteroatoms. The largest absolute Gasteiger partial charge is 0.334 e. The molecule has 0 aliphatic carbocycles. The van der Waals surface area contributed by atoms with E-state index >= 15 is 0 Å². The fourth-order valence-electron chi connectivity index (χ4n) is 2.12. The zero-order valence-corrected chi connectivity index (χ0v) is 13.4. The lowest BCUT2D eigenvalue weighted by atomic mass is 10.1. The summed E-state index contributed by atoms with van der Waals surface area (Å²) in [7, 11) is 0. The molecule has 0 saturated heterocycles. The second kappa shape index (κ2) is 7.98. The molecule has 0 N–H and O–H groups in total. The van der Waals surface area contributed by atoms with Crippen LogP contribution >= 0.6 is 34.8 Å². The first-order chi connectivity index (χ1) is 9.06. The van der Waals surface area contributed by atoms with E-state index in [1.54, 1.807) is 23.1 Å². The van der Waals surface area contributed by atoms with Crippen LogP contribution in [0.25, 0.3) is 0 Å². The van der Waals surface area contributed by atoms with Crippen LogP contribution in [0.4, 0.5) is 0 Å². The van der Waals surface area contributed by atoms with Crippen molar-refractivity contribution in [2.45, 2.75) is 32.7 Å². The molecule has 1 aromatic carbocycles. The van der Waals surface area contributed by atoms with Gasteiger partial charge in [-0.2, -0.15) is 0 Å². The smallest absolute Gasteiger partial charge is 0.257 e. The Kier molecular flexibility index (Phi) is 6.98. The van der Waals surface area contributed by atoms with Crippen molar-refractivity contribution < 1.29 is 4.79 Å². The van der Waals surface area contributed by atoms with Crippen molar-refractivity contribution in [3.63, 3.8) is 0 Å². The van der Waals surface area contributed by atoms with E-state index in [9.17, 15) is 4.79 Å². The zero-order chi connectivity index (χ0) is 14.4. The molecule has 1 rings (SSSR count). The number of hydrogen-bond donors (Lipinski definition) is 0. The number of nitrogens with zero attached hydrogens (tertiary/aromatic N) is 1. The van der Waals surface area contributed by atoms with Gasteiger partial charge in [-0.15, -0.1) is 11.6 Å². The van der Waals surface area contributed by atoms with Crippen LogP contribution in [0.1, 0.15) is 37.0 Å². The molecule has 106 valence electrons. The van der Waals surface area contributed by atoms with Gasteiger partial charge in [0.2, 0.25) is 0 Å². The van der Waals surface area contributed by atoms with Crippen molar-refractivity contribution in [3.05, 3.63) is 33.8 Å². The average Bonchev–Trinajstić information content (AvgIpc) is 2.38. The lowest BCUT2D eigenvalue weighted by molar-refractivity contribution is 0.0682. The molecule has 0 spiro atoms. The number of benzene rings is 1. The van der Waals surface area contributed by atoms with Gasteiger partial charge in [0.05, 0.1) is 15.6 Å². The molecule has 0 radical (unpaired) electrons. The highest BCUT2D eigenvalue weighted by molar-refractivity contribution is 6.39. The lowest BCUT2D eigenvalue weighted by Gasteiger charge is -2.30. The molecule has 1 aromatic rings. The van der Waals surface area contributed by atoms with E-state index in [0.29, 0.717) is 28.0 Å². The molecule has 0 heterocycles. The molecule has 1 amide bonds. The summed E-state index contributed by atoms with van der Waals surface area (Å²) in [5, 5.41) is 0.756. The minimum Gasteiger partial charge on any atom is -0.334 e. The summed E-state index contributed by atoms with van der Waals surface area (Å²) in [4.78, 5) is 14.4. The van der Waals surface area contributed by atoms with Gasteiger partial charge in [-0.05, 0) is 25.0 Å². The fourth-order valence-corrected chi connectivity index (χ4v) is 2.86. The summed E-state index contributed by atoms with van der Waals surface area (Å²) in [5.41, 5.74) is 0.364. The first-order valence-corrected chi connectivity index (χ1v) is 7.66. The molecule has 19 heavy (non-hydrogen) atoms. The van der Waals surface area contributed by atoms with Crippen molar-refractivity contribution >= 4 is 40.7 Å². The minimum absolute atomic E-state index is 0.148. The molecule has 0 fully saturated rings. The van der Waals surface area contributed by atoms with Crippen LogP contribution in [0.5, 0.6) is 0 Å². The van der Waals surface area contributed by atoms with Crippen LogP contribution in [0, 0.1) is 0 Å². The first-order valence-electron chi connectivity index (χ1n) is 6.37. The second-order valence-electron chi connectivity index (χ2n) is 4.25. The van der Waals surface area contributed by atoms with Crippen LogP contribution in [-0.2, 0) is 0 Å². The molecule has 2 nitrogen and oxygen atoms in total. The van der Waals surface area contributed by atoms with E-state index in [-0.39, 0.29) is 11.9 Å². The normalized spacial score (nSPS) is 10.8. The summed E-state index contributed by atoms with van der Waals surface area (Å²) in [5.74, 6) is 0.245. The third-order valence-corrected chi connectivity index (χ3v) is 3.95. The molecule has 0 aromatic heterocycles. The standard InChI is InChI=1S/C14H18Cl3NO/c1-3-10(4-2)18(9-8-15)14(19)13-11(16)6-5-7-12(13)17/h5-7,10H,3-4,8-9H2,1-2H3. The Morgan fingerprint density at radius 3 is 2.16 bits per heavy atom. The average molecular weight is 323 g/mol. The topological polar surface area (TPSA) is 20.3 Å². The van der Waals surface area contributed by atoms with Crippen molar-refractivity contribution in [2.75, 3.05) is 12.4 Å². The van der Waals surface area contributed by atoms with Crippen LogP contribution in [0.2, 0.25) is 10.0 Å². The van der Waals surface area contributed by atoms with Gasteiger partial charge in [-0.1, -0.05) is 43.1 Å². The van der Waals surface area contributed by atoms with Gasteiger partial charge in [0, 0.05) is 18.5 Å². The highest BCUT2D eigenvalue weighted by atomic mass is 35.5. The number of hydrogen-bond acceptors (Lipinski definition) is 1. The maximum Gasteiger partial charge on any atom is 0.257 e. The van der Waals surface area contributed by atoms with Crippen LogP contribution in [0.3, 0.4) is 0 Å². The quantitative estimate of drug-likeness (QED) is 0.685. The Hall–Kier alpha value is -0.440. The monoisotopic (exact) mass is 321 g/mol. The number of carbonyl (C=O) groups is 1. The van der Waals surface area contributed by atoms with E-state index in [4.69, 9.17) is 34.8 Å². The lowest BCUT2D eigenvalue weighted by Crippen LogP contribution is -2.41. The summed E-state index contributed by atoms with van der Waals surface area (Å²) in [6.45, 7) is 4.60. The Balaban J connectivity index is 3.12. The first kappa shape index (κ1) is 16.6. The summed E-state index contributed by atoms with van der Waals surface area (Å²) in [6, 6.07) is 5.22. The summed E-state index contributed by atoms with van der Waals surface area (Å²) in [6.07, 6.45) is 1.75.